The number of ether oxygens (including phenoxy) is 1. The first kappa shape index (κ1) is 16.7. The molecule has 3 heteroatoms. The van der Waals surface area contributed by atoms with Crippen LogP contribution in [0.3, 0.4) is 0 Å². The molecule has 112 valence electrons. The highest BCUT2D eigenvalue weighted by molar-refractivity contribution is 6.50. The number of carbonyl (C=O) groups excluding carboxylic acids is 2. The lowest BCUT2D eigenvalue weighted by Crippen LogP contribution is -2.34. The average molecular weight is 278 g/mol. The molecule has 1 aliphatic carbocycles. The fraction of sp³-hybridized carbons (Fsp3) is 0.647. The zero-order chi connectivity index (χ0) is 15.7. The van der Waals surface area contributed by atoms with Gasteiger partial charge in [0.2, 0.25) is 11.6 Å². The molecule has 20 heavy (non-hydrogen) atoms. The van der Waals surface area contributed by atoms with Crippen molar-refractivity contribution in [1.82, 2.24) is 0 Å². The molecule has 0 saturated heterocycles. The van der Waals surface area contributed by atoms with E-state index in [1.54, 1.807) is 6.08 Å². The lowest BCUT2D eigenvalue weighted by Gasteiger charge is -2.31. The molecule has 0 saturated carbocycles. The van der Waals surface area contributed by atoms with Crippen LogP contribution in [0.1, 0.15) is 54.9 Å². The molecule has 0 atom stereocenters. The fourth-order valence-electron chi connectivity index (χ4n) is 2.21. The summed E-state index contributed by atoms with van der Waals surface area (Å²) in [5, 5.41) is 0. The largest absolute Gasteiger partial charge is 0.493 e. The summed E-state index contributed by atoms with van der Waals surface area (Å²) < 4.78 is 5.75. The maximum Gasteiger partial charge on any atom is 0.233 e. The summed E-state index contributed by atoms with van der Waals surface area (Å²) in [6, 6.07) is 0. The van der Waals surface area contributed by atoms with Gasteiger partial charge < -0.3 is 4.74 Å². The van der Waals surface area contributed by atoms with E-state index in [9.17, 15) is 9.59 Å². The van der Waals surface area contributed by atoms with Gasteiger partial charge in [-0.25, -0.2) is 0 Å². The second-order valence-electron chi connectivity index (χ2n) is 7.30. The lowest BCUT2D eigenvalue weighted by molar-refractivity contribution is -0.133. The van der Waals surface area contributed by atoms with Gasteiger partial charge in [-0.2, -0.15) is 0 Å². The molecule has 0 aromatic heterocycles. The molecule has 0 fully saturated rings. The van der Waals surface area contributed by atoms with Crippen molar-refractivity contribution >= 4 is 11.6 Å². The third kappa shape index (κ3) is 3.38. The Hall–Kier alpha value is -1.38. The topological polar surface area (TPSA) is 43.4 Å². The van der Waals surface area contributed by atoms with E-state index >= 15 is 0 Å². The molecule has 0 radical (unpaired) electrons. The van der Waals surface area contributed by atoms with Crippen LogP contribution in [0.4, 0.5) is 0 Å². The molecule has 0 amide bonds. The highest BCUT2D eigenvalue weighted by Gasteiger charge is 2.40. The minimum absolute atomic E-state index is 0.364. The molecule has 0 aliphatic heterocycles. The summed E-state index contributed by atoms with van der Waals surface area (Å²) in [4.78, 5) is 24.8. The highest BCUT2D eigenvalue weighted by atomic mass is 16.5. The van der Waals surface area contributed by atoms with Crippen LogP contribution in [0.25, 0.3) is 0 Å². The Labute approximate surface area is 122 Å². The van der Waals surface area contributed by atoms with Gasteiger partial charge in [0.25, 0.3) is 0 Å². The summed E-state index contributed by atoms with van der Waals surface area (Å²) in [6.45, 7) is 14.2. The molecule has 1 rings (SSSR count). The van der Waals surface area contributed by atoms with Gasteiger partial charge in [-0.3, -0.25) is 9.59 Å². The predicted molar refractivity (Wildman–Crippen MR) is 80.3 cm³/mol. The van der Waals surface area contributed by atoms with Gasteiger partial charge in [-0.1, -0.05) is 48.5 Å². The summed E-state index contributed by atoms with van der Waals surface area (Å²) in [7, 11) is 0. The maximum atomic E-state index is 12.5. The molecule has 0 spiro atoms. The average Bonchev–Trinajstić information content (AvgIpc) is 2.26. The number of ketones is 2. The first-order valence-electron chi connectivity index (χ1n) is 7.19. The first-order valence-corrected chi connectivity index (χ1v) is 7.19. The minimum Gasteiger partial charge on any atom is -0.493 e. The molecule has 0 heterocycles. The molecule has 0 aromatic carbocycles. The van der Waals surface area contributed by atoms with Gasteiger partial charge in [0, 0.05) is 5.57 Å². The van der Waals surface area contributed by atoms with Crippen molar-refractivity contribution < 1.29 is 14.3 Å². The van der Waals surface area contributed by atoms with E-state index in [1.807, 2.05) is 48.5 Å². The van der Waals surface area contributed by atoms with Crippen LogP contribution in [0.15, 0.2) is 23.0 Å². The van der Waals surface area contributed by atoms with Crippen LogP contribution in [0, 0.1) is 10.8 Å². The normalized spacial score (nSPS) is 17.4. The van der Waals surface area contributed by atoms with E-state index in [0.29, 0.717) is 23.5 Å². The van der Waals surface area contributed by atoms with Gasteiger partial charge >= 0.3 is 0 Å². The monoisotopic (exact) mass is 278 g/mol. The Morgan fingerprint density at radius 1 is 0.950 bits per heavy atom. The number of Topliss-reactive ketones (excluding diaryl/α,β-unsaturated/α-hetero) is 2. The van der Waals surface area contributed by atoms with Crippen molar-refractivity contribution in [3.63, 3.8) is 0 Å². The van der Waals surface area contributed by atoms with Gasteiger partial charge in [-0.15, -0.1) is 0 Å². The van der Waals surface area contributed by atoms with Crippen LogP contribution in [-0.4, -0.2) is 18.2 Å². The molecule has 0 aromatic rings. The number of rotatable bonds is 3. The first-order chi connectivity index (χ1) is 9.00. The van der Waals surface area contributed by atoms with E-state index < -0.39 is 17.0 Å². The quantitative estimate of drug-likeness (QED) is 0.582. The van der Waals surface area contributed by atoms with Gasteiger partial charge in [0.05, 0.1) is 12.2 Å². The summed E-state index contributed by atoms with van der Waals surface area (Å²) in [5.74, 6) is -0.254. The molecule has 0 bridgehead atoms. The van der Waals surface area contributed by atoms with Gasteiger partial charge in [0.1, 0.15) is 5.76 Å². The third-order valence-corrected chi connectivity index (χ3v) is 3.22. The van der Waals surface area contributed by atoms with Crippen molar-refractivity contribution in [2.24, 2.45) is 10.8 Å². The summed E-state index contributed by atoms with van der Waals surface area (Å²) >= 11 is 0. The van der Waals surface area contributed by atoms with E-state index in [-0.39, 0.29) is 5.41 Å². The Bertz CT molecular complexity index is 479. The number of carbonyl (C=O) groups is 2. The molecule has 1 aliphatic rings. The van der Waals surface area contributed by atoms with Crippen molar-refractivity contribution in [2.75, 3.05) is 6.61 Å². The number of allylic oxidation sites excluding steroid dienone is 3. The summed E-state index contributed by atoms with van der Waals surface area (Å²) in [6.07, 6.45) is 2.63. The maximum absolute atomic E-state index is 12.5. The number of hydrogen-bond donors (Lipinski definition) is 0. The van der Waals surface area contributed by atoms with Crippen molar-refractivity contribution in [3.8, 4) is 0 Å². The van der Waals surface area contributed by atoms with Crippen molar-refractivity contribution in [3.05, 3.63) is 23.0 Å². The number of hydrogen-bond acceptors (Lipinski definition) is 3. The summed E-state index contributed by atoms with van der Waals surface area (Å²) in [5.41, 5.74) is 0.248. The van der Waals surface area contributed by atoms with Crippen LogP contribution in [0.5, 0.6) is 0 Å². The smallest absolute Gasteiger partial charge is 0.233 e. The van der Waals surface area contributed by atoms with Crippen molar-refractivity contribution in [1.29, 1.82) is 0 Å². The Morgan fingerprint density at radius 3 is 1.90 bits per heavy atom. The van der Waals surface area contributed by atoms with E-state index in [1.165, 1.54) is 0 Å². The van der Waals surface area contributed by atoms with Gasteiger partial charge in [-0.05, 0) is 23.3 Å². The molecule has 3 nitrogen and oxygen atoms in total. The highest BCUT2D eigenvalue weighted by Crippen LogP contribution is 2.38. The van der Waals surface area contributed by atoms with Crippen molar-refractivity contribution in [2.45, 2.75) is 54.9 Å². The Morgan fingerprint density at radius 2 is 1.50 bits per heavy atom. The van der Waals surface area contributed by atoms with E-state index in [2.05, 4.69) is 0 Å². The predicted octanol–water partition coefficient (Wildman–Crippen LogP) is 3.84. The zero-order valence-electron chi connectivity index (χ0n) is 13.7. The Kier molecular flexibility index (Phi) is 4.62. The Balaban J connectivity index is 3.44. The van der Waals surface area contributed by atoms with E-state index in [4.69, 9.17) is 4.74 Å². The van der Waals surface area contributed by atoms with Crippen LogP contribution < -0.4 is 0 Å². The van der Waals surface area contributed by atoms with E-state index in [0.717, 1.165) is 6.42 Å². The van der Waals surface area contributed by atoms with Crippen LogP contribution in [-0.2, 0) is 14.3 Å². The molecular formula is C17H26O3. The molecule has 0 N–H and O–H groups in total. The molecule has 0 unspecified atom stereocenters. The SMILES string of the molecule is CCCOC1=C(C(C)(C)C)C(=O)C(=O)C(C(C)(C)C)=C1. The standard InChI is InChI=1S/C17H26O3/c1-8-9-20-12-10-11(16(2,3)4)14(18)15(19)13(12)17(5,6)7/h10H,8-9H2,1-7H3. The van der Waals surface area contributed by atoms with Crippen LogP contribution >= 0.6 is 0 Å². The fourth-order valence-corrected chi connectivity index (χ4v) is 2.21. The zero-order valence-corrected chi connectivity index (χ0v) is 13.7. The minimum atomic E-state index is -0.420. The second kappa shape index (κ2) is 5.55. The van der Waals surface area contributed by atoms with Gasteiger partial charge in [0.15, 0.2) is 0 Å². The third-order valence-electron chi connectivity index (χ3n) is 3.22. The molecular weight excluding hydrogens is 252 g/mol. The lowest BCUT2D eigenvalue weighted by atomic mass is 9.73. The second-order valence-corrected chi connectivity index (χ2v) is 7.30. The van der Waals surface area contributed by atoms with Crippen LogP contribution in [0.2, 0.25) is 0 Å².